The molecule has 172 valence electrons. The molecule has 1 unspecified atom stereocenters. The smallest absolute Gasteiger partial charge is 0.255 e. The van der Waals surface area contributed by atoms with Gasteiger partial charge in [-0.3, -0.25) is 19.7 Å². The molecule has 0 radical (unpaired) electrons. The Hall–Kier alpha value is -3.39. The van der Waals surface area contributed by atoms with E-state index in [9.17, 15) is 14.4 Å². The SMILES string of the molecule is O=C1CCC(N2Cc3c(CNc4ccc(N5CCCNCC5)cc4)cccc3C2=O)C(=O)N1. The molecule has 2 aromatic rings. The molecule has 0 aliphatic carbocycles. The van der Waals surface area contributed by atoms with E-state index < -0.39 is 6.04 Å². The molecule has 0 aromatic heterocycles. The third-order valence-electron chi connectivity index (χ3n) is 6.73. The molecule has 8 heteroatoms. The lowest BCUT2D eigenvalue weighted by Gasteiger charge is -2.29. The second kappa shape index (κ2) is 9.23. The van der Waals surface area contributed by atoms with Crippen LogP contribution in [0.5, 0.6) is 0 Å². The zero-order valence-corrected chi connectivity index (χ0v) is 18.6. The van der Waals surface area contributed by atoms with Crippen molar-refractivity contribution < 1.29 is 14.4 Å². The summed E-state index contributed by atoms with van der Waals surface area (Å²) in [5.74, 6) is -0.797. The highest BCUT2D eigenvalue weighted by Gasteiger charge is 2.39. The van der Waals surface area contributed by atoms with Crippen LogP contribution in [0.4, 0.5) is 11.4 Å². The predicted octanol–water partition coefficient (Wildman–Crippen LogP) is 1.86. The van der Waals surface area contributed by atoms with Crippen LogP contribution in [0.15, 0.2) is 42.5 Å². The largest absolute Gasteiger partial charge is 0.381 e. The first-order valence-corrected chi connectivity index (χ1v) is 11.7. The highest BCUT2D eigenvalue weighted by molar-refractivity contribution is 6.05. The Labute approximate surface area is 193 Å². The van der Waals surface area contributed by atoms with Crippen molar-refractivity contribution in [2.24, 2.45) is 0 Å². The van der Waals surface area contributed by atoms with E-state index in [1.165, 1.54) is 5.69 Å². The van der Waals surface area contributed by atoms with Gasteiger partial charge in [-0.05, 0) is 60.8 Å². The number of imide groups is 1. The van der Waals surface area contributed by atoms with E-state index in [1.807, 2.05) is 18.2 Å². The van der Waals surface area contributed by atoms with Gasteiger partial charge >= 0.3 is 0 Å². The van der Waals surface area contributed by atoms with Crippen LogP contribution in [-0.4, -0.2) is 54.8 Å². The summed E-state index contributed by atoms with van der Waals surface area (Å²) in [6, 6.07) is 13.6. The highest BCUT2D eigenvalue weighted by Crippen LogP contribution is 2.30. The van der Waals surface area contributed by atoms with Gasteiger partial charge in [0.25, 0.3) is 5.91 Å². The van der Waals surface area contributed by atoms with E-state index in [4.69, 9.17) is 0 Å². The number of amides is 3. The second-order valence-electron chi connectivity index (χ2n) is 8.83. The monoisotopic (exact) mass is 447 g/mol. The number of benzene rings is 2. The Bertz CT molecular complexity index is 1060. The molecule has 1 atom stereocenters. The van der Waals surface area contributed by atoms with Crippen LogP contribution in [0, 0.1) is 0 Å². The first-order chi connectivity index (χ1) is 16.1. The van der Waals surface area contributed by atoms with Crippen molar-refractivity contribution in [1.29, 1.82) is 0 Å². The van der Waals surface area contributed by atoms with E-state index in [1.54, 1.807) is 4.90 Å². The van der Waals surface area contributed by atoms with E-state index in [2.05, 4.69) is 45.1 Å². The Balaban J connectivity index is 1.26. The summed E-state index contributed by atoms with van der Waals surface area (Å²) >= 11 is 0. The fraction of sp³-hybridized carbons (Fsp3) is 0.400. The molecule has 3 aliphatic rings. The Kier molecular flexibility index (Phi) is 6.00. The molecule has 2 aromatic carbocycles. The zero-order chi connectivity index (χ0) is 22.8. The quantitative estimate of drug-likeness (QED) is 0.606. The van der Waals surface area contributed by atoms with Gasteiger partial charge in [-0.1, -0.05) is 12.1 Å². The molecule has 0 saturated carbocycles. The first kappa shape index (κ1) is 21.5. The summed E-state index contributed by atoms with van der Waals surface area (Å²) in [5, 5.41) is 9.26. The second-order valence-corrected chi connectivity index (χ2v) is 8.83. The molecule has 8 nitrogen and oxygen atoms in total. The summed E-state index contributed by atoms with van der Waals surface area (Å²) in [5.41, 5.74) is 4.89. The number of hydrogen-bond donors (Lipinski definition) is 3. The maximum absolute atomic E-state index is 13.0. The lowest BCUT2D eigenvalue weighted by molar-refractivity contribution is -0.136. The van der Waals surface area contributed by atoms with Gasteiger partial charge in [0.15, 0.2) is 0 Å². The van der Waals surface area contributed by atoms with Crippen LogP contribution in [0.1, 0.15) is 40.7 Å². The third-order valence-corrected chi connectivity index (χ3v) is 6.73. The van der Waals surface area contributed by atoms with E-state index in [-0.39, 0.29) is 24.1 Å². The number of carbonyl (C=O) groups excluding carboxylic acids is 3. The van der Waals surface area contributed by atoms with Crippen molar-refractivity contribution >= 4 is 29.1 Å². The lowest BCUT2D eigenvalue weighted by atomic mass is 10.0. The Morgan fingerprint density at radius 1 is 1.00 bits per heavy atom. The van der Waals surface area contributed by atoms with E-state index in [0.29, 0.717) is 25.1 Å². The van der Waals surface area contributed by atoms with Crippen LogP contribution >= 0.6 is 0 Å². The fourth-order valence-corrected chi connectivity index (χ4v) is 4.91. The van der Waals surface area contributed by atoms with E-state index in [0.717, 1.165) is 49.4 Å². The minimum absolute atomic E-state index is 0.141. The molecule has 2 fully saturated rings. The van der Waals surface area contributed by atoms with Crippen molar-refractivity contribution in [1.82, 2.24) is 15.5 Å². The number of hydrogen-bond acceptors (Lipinski definition) is 6. The maximum Gasteiger partial charge on any atom is 0.255 e. The minimum Gasteiger partial charge on any atom is -0.381 e. The van der Waals surface area contributed by atoms with Gasteiger partial charge in [0.2, 0.25) is 11.8 Å². The van der Waals surface area contributed by atoms with Crippen LogP contribution in [0.2, 0.25) is 0 Å². The summed E-state index contributed by atoms with van der Waals surface area (Å²) in [6.45, 7) is 5.13. The molecule has 33 heavy (non-hydrogen) atoms. The summed E-state index contributed by atoms with van der Waals surface area (Å²) in [7, 11) is 0. The fourth-order valence-electron chi connectivity index (χ4n) is 4.91. The van der Waals surface area contributed by atoms with Gasteiger partial charge in [-0.15, -0.1) is 0 Å². The highest BCUT2D eigenvalue weighted by atomic mass is 16.2. The average Bonchev–Trinajstić information content (AvgIpc) is 2.99. The van der Waals surface area contributed by atoms with Crippen LogP contribution in [0.3, 0.4) is 0 Å². The van der Waals surface area contributed by atoms with Crippen molar-refractivity contribution in [2.45, 2.75) is 38.4 Å². The van der Waals surface area contributed by atoms with Gasteiger partial charge in [-0.25, -0.2) is 0 Å². The standard InChI is InChI=1S/C25H29N5O3/c31-23-10-9-22(24(32)28-23)30-16-21-17(3-1-4-20(21)25(30)33)15-27-18-5-7-19(8-6-18)29-13-2-11-26-12-14-29/h1,3-8,22,26-27H,2,9-16H2,(H,28,31,32). The molecule has 0 spiro atoms. The number of rotatable bonds is 5. The Morgan fingerprint density at radius 2 is 1.85 bits per heavy atom. The summed E-state index contributed by atoms with van der Waals surface area (Å²) in [4.78, 5) is 40.8. The summed E-state index contributed by atoms with van der Waals surface area (Å²) < 4.78 is 0. The van der Waals surface area contributed by atoms with Gasteiger partial charge in [0.1, 0.15) is 6.04 Å². The number of piperidine rings is 1. The topological polar surface area (TPSA) is 93.8 Å². The molecule has 3 N–H and O–H groups in total. The molecule has 5 rings (SSSR count). The molecular formula is C25H29N5O3. The number of nitrogens with zero attached hydrogens (tertiary/aromatic N) is 2. The zero-order valence-electron chi connectivity index (χ0n) is 18.6. The first-order valence-electron chi connectivity index (χ1n) is 11.7. The molecule has 3 aliphatic heterocycles. The molecule has 0 bridgehead atoms. The normalized spacial score (nSPS) is 21.0. The number of nitrogens with one attached hydrogen (secondary N) is 3. The van der Waals surface area contributed by atoms with Gasteiger partial charge < -0.3 is 20.4 Å². The lowest BCUT2D eigenvalue weighted by Crippen LogP contribution is -2.52. The van der Waals surface area contributed by atoms with Crippen LogP contribution in [-0.2, 0) is 22.7 Å². The van der Waals surface area contributed by atoms with Crippen molar-refractivity contribution in [3.63, 3.8) is 0 Å². The van der Waals surface area contributed by atoms with Crippen LogP contribution in [0.25, 0.3) is 0 Å². The number of fused-ring (bicyclic) bond motifs is 1. The van der Waals surface area contributed by atoms with Crippen LogP contribution < -0.4 is 20.9 Å². The number of carbonyl (C=O) groups is 3. The Morgan fingerprint density at radius 3 is 2.67 bits per heavy atom. The van der Waals surface area contributed by atoms with Crippen molar-refractivity contribution in [3.8, 4) is 0 Å². The number of anilines is 2. The average molecular weight is 448 g/mol. The van der Waals surface area contributed by atoms with Crippen molar-refractivity contribution in [2.75, 3.05) is 36.4 Å². The third kappa shape index (κ3) is 4.43. The summed E-state index contributed by atoms with van der Waals surface area (Å²) in [6.07, 6.45) is 1.78. The minimum atomic E-state index is -0.592. The predicted molar refractivity (Wildman–Crippen MR) is 126 cm³/mol. The molecule has 2 saturated heterocycles. The van der Waals surface area contributed by atoms with Crippen molar-refractivity contribution in [3.05, 3.63) is 59.2 Å². The van der Waals surface area contributed by atoms with Gasteiger partial charge in [0.05, 0.1) is 0 Å². The van der Waals surface area contributed by atoms with Gasteiger partial charge in [-0.2, -0.15) is 0 Å². The van der Waals surface area contributed by atoms with Gasteiger partial charge in [0, 0.05) is 56.1 Å². The molecular weight excluding hydrogens is 418 g/mol. The van der Waals surface area contributed by atoms with E-state index >= 15 is 0 Å². The molecule has 3 amide bonds. The molecule has 3 heterocycles. The maximum atomic E-state index is 13.0.